The van der Waals surface area contributed by atoms with Crippen LogP contribution in [0.15, 0.2) is 168 Å². The monoisotopic (exact) mass is 784 g/mol. The number of rotatable bonds is 8. The minimum Gasteiger partial charge on any atom is -0.872 e. The van der Waals surface area contributed by atoms with Crippen molar-refractivity contribution in [3.8, 4) is 11.5 Å². The van der Waals surface area contributed by atoms with Crippen LogP contribution in [-0.4, -0.2) is 44.1 Å². The Bertz CT molecular complexity index is 1970. The Morgan fingerprint density at radius 1 is 0.509 bits per heavy atom. The van der Waals surface area contributed by atoms with Gasteiger partial charge in [0.1, 0.15) is 0 Å². The SMILES string of the molecule is O=C(N/N=C/c1ccccc1[N+](=O)[O-])c1ccccc1[O-].O=C(N/N=C/c1ccccc1[N+](=O)[O-])c1ccccc1[O-].[Ni+2].c1ccncc1.c1ccncc1. The van der Waals surface area contributed by atoms with Crippen molar-refractivity contribution in [3.05, 3.63) is 201 Å². The average molecular weight is 785 g/mol. The number of amides is 2. The topological polar surface area (TPSA) is 241 Å². The van der Waals surface area contributed by atoms with Gasteiger partial charge in [-0.05, 0) is 36.4 Å². The van der Waals surface area contributed by atoms with E-state index in [1.54, 1.807) is 49.1 Å². The third-order valence-electron chi connectivity index (χ3n) is 6.40. The molecule has 0 saturated heterocycles. The number of nitrogens with zero attached hydrogens (tertiary/aromatic N) is 6. The molecule has 0 aliphatic heterocycles. The summed E-state index contributed by atoms with van der Waals surface area (Å²) in [6.45, 7) is 0. The van der Waals surface area contributed by atoms with Crippen molar-refractivity contribution < 1.29 is 46.1 Å². The van der Waals surface area contributed by atoms with Crippen LogP contribution in [-0.2, 0) is 16.5 Å². The first-order valence-electron chi connectivity index (χ1n) is 15.5. The Morgan fingerprint density at radius 2 is 0.836 bits per heavy atom. The van der Waals surface area contributed by atoms with Gasteiger partial charge in [-0.15, -0.1) is 0 Å². The second kappa shape index (κ2) is 24.5. The predicted molar refractivity (Wildman–Crippen MR) is 197 cm³/mol. The number of pyridine rings is 2. The van der Waals surface area contributed by atoms with E-state index >= 15 is 0 Å². The maximum atomic E-state index is 11.7. The zero-order valence-corrected chi connectivity index (χ0v) is 29.4. The van der Waals surface area contributed by atoms with Gasteiger partial charge in [-0.25, -0.2) is 10.9 Å². The molecule has 0 aliphatic carbocycles. The van der Waals surface area contributed by atoms with Crippen molar-refractivity contribution in [2.45, 2.75) is 0 Å². The van der Waals surface area contributed by atoms with Crippen LogP contribution in [0.2, 0.25) is 0 Å². The molecule has 0 fully saturated rings. The Labute approximate surface area is 324 Å². The number of nitro benzene ring substituents is 2. The van der Waals surface area contributed by atoms with Crippen molar-refractivity contribution in [2.75, 3.05) is 0 Å². The standard InChI is InChI=1S/2C14H11N3O4.2C5H5N.Ni/c2*18-13-8-4-2-6-11(13)14(19)16-15-9-10-5-1-3-7-12(10)17(20)21;2*1-2-4-6-5-3-1;/h2*1-9,18H,(H,16,19);2*1-5H;/q;;;;+2/p-2/b2*15-9+;;;. The number of hydrazone groups is 2. The molecular weight excluding hydrogens is 755 g/mol. The van der Waals surface area contributed by atoms with Gasteiger partial charge in [0, 0.05) is 48.0 Å². The summed E-state index contributed by atoms with van der Waals surface area (Å²) < 4.78 is 0. The molecule has 2 heterocycles. The van der Waals surface area contributed by atoms with Crippen LogP contribution in [0.4, 0.5) is 11.4 Å². The summed E-state index contributed by atoms with van der Waals surface area (Å²) in [6.07, 6.45) is 9.31. The van der Waals surface area contributed by atoms with Gasteiger partial charge in [0.2, 0.25) is 0 Å². The molecule has 2 N–H and O–H groups in total. The van der Waals surface area contributed by atoms with Crippen molar-refractivity contribution in [2.24, 2.45) is 10.2 Å². The fourth-order valence-electron chi connectivity index (χ4n) is 3.90. The number of carbonyl (C=O) groups excluding carboxylic acids is 2. The molecule has 2 amide bonds. The second-order valence-corrected chi connectivity index (χ2v) is 10.1. The molecule has 0 unspecified atom stereocenters. The fraction of sp³-hybridized carbons (Fsp3) is 0. The Balaban J connectivity index is 0.000000287. The van der Waals surface area contributed by atoms with Crippen LogP contribution < -0.4 is 21.1 Å². The molecule has 0 aliphatic rings. The van der Waals surface area contributed by atoms with Gasteiger partial charge in [0.25, 0.3) is 23.2 Å². The van der Waals surface area contributed by atoms with Crippen LogP contribution in [0.1, 0.15) is 31.8 Å². The summed E-state index contributed by atoms with van der Waals surface area (Å²) in [5.74, 6) is -2.18. The molecule has 0 radical (unpaired) electrons. The molecule has 6 rings (SSSR count). The Kier molecular flexibility index (Phi) is 19.4. The second-order valence-electron chi connectivity index (χ2n) is 10.1. The summed E-state index contributed by atoms with van der Waals surface area (Å²) in [6, 6.07) is 34.8. The van der Waals surface area contributed by atoms with Gasteiger partial charge < -0.3 is 10.2 Å². The van der Waals surface area contributed by atoms with Gasteiger partial charge in [0.15, 0.2) is 0 Å². The van der Waals surface area contributed by atoms with E-state index in [0.717, 1.165) is 12.4 Å². The van der Waals surface area contributed by atoms with Crippen LogP contribution in [0.3, 0.4) is 0 Å². The van der Waals surface area contributed by atoms with Gasteiger partial charge in [-0.2, -0.15) is 10.2 Å². The number of benzene rings is 4. The molecule has 17 heteroatoms. The van der Waals surface area contributed by atoms with Crippen LogP contribution >= 0.6 is 0 Å². The minimum absolute atomic E-state index is 0. The van der Waals surface area contributed by atoms with E-state index in [1.165, 1.54) is 72.8 Å². The molecule has 0 bridgehead atoms. The molecule has 4 aromatic carbocycles. The van der Waals surface area contributed by atoms with Gasteiger partial charge in [0.05, 0.1) is 33.4 Å². The van der Waals surface area contributed by atoms with E-state index in [4.69, 9.17) is 0 Å². The van der Waals surface area contributed by atoms with Crippen LogP contribution in [0.25, 0.3) is 0 Å². The summed E-state index contributed by atoms with van der Waals surface area (Å²) in [7, 11) is 0. The molecular formula is C38H30N8NiO8. The number of aromatic nitrogens is 2. The molecule has 0 saturated carbocycles. The first-order valence-corrected chi connectivity index (χ1v) is 15.5. The zero-order chi connectivity index (χ0) is 39.0. The van der Waals surface area contributed by atoms with Gasteiger partial charge >= 0.3 is 16.5 Å². The quantitative estimate of drug-likeness (QED) is 0.0903. The summed E-state index contributed by atoms with van der Waals surface area (Å²) in [5, 5.41) is 51.7. The largest absolute Gasteiger partial charge is 2.00 e. The summed E-state index contributed by atoms with van der Waals surface area (Å²) in [5.41, 5.74) is 4.48. The fourth-order valence-corrected chi connectivity index (χ4v) is 3.90. The van der Waals surface area contributed by atoms with Crippen LogP contribution in [0.5, 0.6) is 11.5 Å². The Morgan fingerprint density at radius 3 is 1.13 bits per heavy atom. The number of nitro groups is 2. The molecule has 0 atom stereocenters. The number of para-hydroxylation sites is 4. The molecule has 280 valence electrons. The number of carbonyl (C=O) groups is 2. The van der Waals surface area contributed by atoms with E-state index in [0.29, 0.717) is 0 Å². The zero-order valence-electron chi connectivity index (χ0n) is 28.4. The first kappa shape index (κ1) is 43.5. The maximum Gasteiger partial charge on any atom is 2.00 e. The third kappa shape index (κ3) is 15.6. The van der Waals surface area contributed by atoms with E-state index in [1.807, 2.05) is 36.4 Å². The van der Waals surface area contributed by atoms with Crippen LogP contribution in [0, 0.1) is 20.2 Å². The van der Waals surface area contributed by atoms with Crippen molar-refractivity contribution in [3.63, 3.8) is 0 Å². The Hall–Kier alpha value is -7.65. The molecule has 2 aromatic heterocycles. The van der Waals surface area contributed by atoms with Gasteiger partial charge in [-0.3, -0.25) is 39.8 Å². The van der Waals surface area contributed by atoms with E-state index in [-0.39, 0.29) is 50.1 Å². The normalized spacial score (nSPS) is 9.75. The van der Waals surface area contributed by atoms with E-state index in [9.17, 15) is 40.0 Å². The number of hydrogen-bond acceptors (Lipinski definition) is 12. The molecule has 0 spiro atoms. The summed E-state index contributed by atoms with van der Waals surface area (Å²) >= 11 is 0. The molecule has 55 heavy (non-hydrogen) atoms. The molecule has 6 aromatic rings. The summed E-state index contributed by atoms with van der Waals surface area (Å²) in [4.78, 5) is 51.5. The minimum atomic E-state index is -0.671. The maximum absolute atomic E-state index is 11.7. The first-order chi connectivity index (χ1) is 26.2. The molecule has 16 nitrogen and oxygen atoms in total. The third-order valence-corrected chi connectivity index (χ3v) is 6.40. The predicted octanol–water partition coefficient (Wildman–Crippen LogP) is 5.03. The van der Waals surface area contributed by atoms with Crippen molar-refractivity contribution >= 4 is 35.6 Å². The van der Waals surface area contributed by atoms with E-state index < -0.39 is 33.2 Å². The smallest absolute Gasteiger partial charge is 0.872 e. The van der Waals surface area contributed by atoms with Crippen molar-refractivity contribution in [1.29, 1.82) is 0 Å². The van der Waals surface area contributed by atoms with E-state index in [2.05, 4.69) is 31.0 Å². The number of hydrogen-bond donors (Lipinski definition) is 2. The number of nitrogens with one attached hydrogen (secondary N) is 2. The average Bonchev–Trinajstić information content (AvgIpc) is 3.20. The van der Waals surface area contributed by atoms with Gasteiger partial charge in [-0.1, -0.05) is 96.4 Å². The van der Waals surface area contributed by atoms with Crippen molar-refractivity contribution in [1.82, 2.24) is 20.8 Å².